The van der Waals surface area contributed by atoms with Crippen molar-refractivity contribution >= 4 is 10.0 Å². The van der Waals surface area contributed by atoms with Crippen LogP contribution in [0.4, 0.5) is 4.39 Å². The van der Waals surface area contributed by atoms with Gasteiger partial charge in [-0.15, -0.1) is 0 Å². The predicted molar refractivity (Wildman–Crippen MR) is 101 cm³/mol. The Morgan fingerprint density at radius 1 is 1.07 bits per heavy atom. The lowest BCUT2D eigenvalue weighted by molar-refractivity contribution is -0.0663. The molecule has 5 nitrogen and oxygen atoms in total. The highest BCUT2D eigenvalue weighted by Crippen LogP contribution is 2.36. The van der Waals surface area contributed by atoms with E-state index in [1.807, 2.05) is 18.2 Å². The van der Waals surface area contributed by atoms with Crippen LogP contribution in [0.1, 0.15) is 24.0 Å². The first-order valence-corrected chi connectivity index (χ1v) is 10.6. The van der Waals surface area contributed by atoms with Crippen LogP contribution in [-0.2, 0) is 26.1 Å². The Morgan fingerprint density at radius 3 is 2.37 bits per heavy atom. The van der Waals surface area contributed by atoms with Crippen LogP contribution in [0, 0.1) is 11.7 Å². The summed E-state index contributed by atoms with van der Waals surface area (Å²) >= 11 is 0. The van der Waals surface area contributed by atoms with Crippen molar-refractivity contribution in [1.29, 1.82) is 0 Å². The lowest BCUT2D eigenvalue weighted by Crippen LogP contribution is -2.47. The number of rotatable bonds is 7. The maximum absolute atomic E-state index is 13.8. The molecule has 27 heavy (non-hydrogen) atoms. The lowest BCUT2D eigenvalue weighted by atomic mass is 9.77. The van der Waals surface area contributed by atoms with E-state index in [4.69, 9.17) is 4.74 Å². The Balaban J connectivity index is 1.79. The second-order valence-corrected chi connectivity index (χ2v) is 8.66. The first kappa shape index (κ1) is 19.9. The normalized spacial score (nSPS) is 18.1. The monoisotopic (exact) mass is 393 g/mol. The molecular formula is C20H24FNO4S. The molecule has 1 aliphatic heterocycles. The zero-order valence-corrected chi connectivity index (χ0v) is 15.8. The number of benzene rings is 2. The van der Waals surface area contributed by atoms with Gasteiger partial charge in [-0.2, -0.15) is 0 Å². The number of hydrogen-bond donors (Lipinski definition) is 2. The molecule has 3 rings (SSSR count). The molecule has 2 aromatic rings. The summed E-state index contributed by atoms with van der Waals surface area (Å²) in [5.41, 5.74) is -0.599. The van der Waals surface area contributed by atoms with Crippen LogP contribution in [0.3, 0.4) is 0 Å². The van der Waals surface area contributed by atoms with E-state index in [-0.39, 0.29) is 18.0 Å². The van der Waals surface area contributed by atoms with E-state index in [1.165, 1.54) is 18.2 Å². The zero-order chi connectivity index (χ0) is 19.3. The van der Waals surface area contributed by atoms with Crippen LogP contribution in [-0.4, -0.2) is 33.3 Å². The quantitative estimate of drug-likeness (QED) is 0.758. The molecule has 0 radical (unpaired) electrons. The molecule has 2 N–H and O–H groups in total. The second kappa shape index (κ2) is 8.48. The third-order valence-corrected chi connectivity index (χ3v) is 6.31. The van der Waals surface area contributed by atoms with Crippen molar-refractivity contribution < 1.29 is 22.7 Å². The molecule has 0 aromatic heterocycles. The van der Waals surface area contributed by atoms with Gasteiger partial charge in [0, 0.05) is 25.3 Å². The third kappa shape index (κ3) is 4.93. The van der Waals surface area contributed by atoms with Crippen LogP contribution >= 0.6 is 0 Å². The Labute approximate surface area is 159 Å². The van der Waals surface area contributed by atoms with Crippen LogP contribution in [0.15, 0.2) is 54.6 Å². The largest absolute Gasteiger partial charge is 0.383 e. The van der Waals surface area contributed by atoms with Crippen molar-refractivity contribution in [3.8, 4) is 0 Å². The molecular weight excluding hydrogens is 369 g/mol. The van der Waals surface area contributed by atoms with Gasteiger partial charge in [-0.05, 0) is 30.4 Å². The van der Waals surface area contributed by atoms with E-state index < -0.39 is 27.2 Å². The summed E-state index contributed by atoms with van der Waals surface area (Å²) in [6.07, 6.45) is 1.28. The summed E-state index contributed by atoms with van der Waals surface area (Å²) in [5, 5.41) is 11.4. The number of ether oxygens (including phenoxy) is 1. The number of hydrogen-bond acceptors (Lipinski definition) is 4. The predicted octanol–water partition coefficient (Wildman–Crippen LogP) is 2.56. The Kier molecular flexibility index (Phi) is 6.26. The van der Waals surface area contributed by atoms with Gasteiger partial charge in [-0.3, -0.25) is 0 Å². The van der Waals surface area contributed by atoms with Crippen LogP contribution < -0.4 is 4.72 Å². The van der Waals surface area contributed by atoms with Gasteiger partial charge in [0.05, 0.1) is 5.75 Å². The Morgan fingerprint density at radius 2 is 1.70 bits per heavy atom. The molecule has 146 valence electrons. The standard InChI is InChI=1S/C20H24FNO4S/c21-19-9-5-4-6-16(19)14-27(24,25)22-15-20(23,17-7-2-1-3-8-17)18-10-12-26-13-11-18/h1-9,18,22-23H,10-15H2/t20-/m0/s1. The minimum atomic E-state index is -3.82. The maximum atomic E-state index is 13.8. The SMILES string of the molecule is O=S(=O)(Cc1ccccc1F)NC[C@](O)(c1ccccc1)C1CCOCC1. The van der Waals surface area contributed by atoms with Gasteiger partial charge in [0.25, 0.3) is 0 Å². The highest BCUT2D eigenvalue weighted by molar-refractivity contribution is 7.88. The summed E-state index contributed by atoms with van der Waals surface area (Å²) in [5.74, 6) is -1.17. The topological polar surface area (TPSA) is 75.6 Å². The van der Waals surface area contributed by atoms with Crippen LogP contribution in [0.2, 0.25) is 0 Å². The molecule has 0 bridgehead atoms. The average Bonchev–Trinajstić information content (AvgIpc) is 2.69. The molecule has 1 aliphatic rings. The highest BCUT2D eigenvalue weighted by Gasteiger charge is 2.40. The molecule has 0 aliphatic carbocycles. The number of halogens is 1. The third-order valence-electron chi connectivity index (χ3n) is 5.04. The van der Waals surface area contributed by atoms with Crippen molar-refractivity contribution in [2.45, 2.75) is 24.2 Å². The highest BCUT2D eigenvalue weighted by atomic mass is 32.2. The first-order valence-electron chi connectivity index (χ1n) is 8.97. The molecule has 7 heteroatoms. The van der Waals surface area contributed by atoms with Gasteiger partial charge in [-0.25, -0.2) is 17.5 Å². The van der Waals surface area contributed by atoms with Gasteiger partial charge in [0.1, 0.15) is 11.4 Å². The van der Waals surface area contributed by atoms with Gasteiger partial charge in [-0.1, -0.05) is 48.5 Å². The van der Waals surface area contributed by atoms with Crippen molar-refractivity contribution in [1.82, 2.24) is 4.72 Å². The minimum Gasteiger partial charge on any atom is -0.383 e. The fraction of sp³-hybridized carbons (Fsp3) is 0.400. The first-order chi connectivity index (χ1) is 12.9. The fourth-order valence-electron chi connectivity index (χ4n) is 3.48. The van der Waals surface area contributed by atoms with Gasteiger partial charge >= 0.3 is 0 Å². The molecule has 1 heterocycles. The molecule has 0 amide bonds. The Bertz CT molecular complexity index is 853. The van der Waals surface area contributed by atoms with E-state index >= 15 is 0 Å². The smallest absolute Gasteiger partial charge is 0.215 e. The van der Waals surface area contributed by atoms with Crippen molar-refractivity contribution in [2.24, 2.45) is 5.92 Å². The van der Waals surface area contributed by atoms with Crippen molar-refractivity contribution in [2.75, 3.05) is 19.8 Å². The van der Waals surface area contributed by atoms with Gasteiger partial charge in [0.2, 0.25) is 10.0 Å². The maximum Gasteiger partial charge on any atom is 0.215 e. The Hall–Kier alpha value is -1.80. The summed E-state index contributed by atoms with van der Waals surface area (Å²) in [4.78, 5) is 0. The molecule has 0 spiro atoms. The minimum absolute atomic E-state index is 0.0966. The van der Waals surface area contributed by atoms with Crippen molar-refractivity contribution in [3.05, 3.63) is 71.5 Å². The van der Waals surface area contributed by atoms with E-state index in [2.05, 4.69) is 4.72 Å². The van der Waals surface area contributed by atoms with E-state index in [0.29, 0.717) is 31.6 Å². The zero-order valence-electron chi connectivity index (χ0n) is 15.0. The average molecular weight is 393 g/mol. The fourth-order valence-corrected chi connectivity index (χ4v) is 4.66. The van der Waals surface area contributed by atoms with Gasteiger partial charge in [0.15, 0.2) is 0 Å². The number of aliphatic hydroxyl groups is 1. The molecule has 1 saturated heterocycles. The van der Waals surface area contributed by atoms with Crippen molar-refractivity contribution in [3.63, 3.8) is 0 Å². The summed E-state index contributed by atoms with van der Waals surface area (Å²) in [6, 6.07) is 14.8. The summed E-state index contributed by atoms with van der Waals surface area (Å²) in [7, 11) is -3.82. The number of nitrogens with one attached hydrogen (secondary N) is 1. The summed E-state index contributed by atoms with van der Waals surface area (Å²) in [6.45, 7) is 0.891. The second-order valence-electron chi connectivity index (χ2n) is 6.85. The number of sulfonamides is 1. The molecule has 1 atom stereocenters. The van der Waals surface area contributed by atoms with Crippen LogP contribution in [0.5, 0.6) is 0 Å². The summed E-state index contributed by atoms with van der Waals surface area (Å²) < 4.78 is 46.7. The molecule has 0 saturated carbocycles. The lowest BCUT2D eigenvalue weighted by Gasteiger charge is -2.39. The van der Waals surface area contributed by atoms with Gasteiger partial charge < -0.3 is 9.84 Å². The van der Waals surface area contributed by atoms with E-state index in [0.717, 1.165) is 0 Å². The molecule has 1 fully saturated rings. The van der Waals surface area contributed by atoms with Crippen LogP contribution in [0.25, 0.3) is 0 Å². The van der Waals surface area contributed by atoms with E-state index in [1.54, 1.807) is 18.2 Å². The molecule has 0 unspecified atom stereocenters. The molecule has 2 aromatic carbocycles. The van der Waals surface area contributed by atoms with E-state index in [9.17, 15) is 17.9 Å².